The second-order valence-corrected chi connectivity index (χ2v) is 6.94. The van der Waals surface area contributed by atoms with Crippen molar-refractivity contribution in [1.29, 1.82) is 5.26 Å². The van der Waals surface area contributed by atoms with E-state index < -0.39 is 12.1 Å². The number of nitriles is 1. The van der Waals surface area contributed by atoms with Crippen LogP contribution in [0.2, 0.25) is 0 Å². The van der Waals surface area contributed by atoms with Crippen molar-refractivity contribution in [3.63, 3.8) is 0 Å². The topological polar surface area (TPSA) is 76.4 Å². The molecule has 0 radical (unpaired) electrons. The number of likely N-dealkylation sites (tertiary alicyclic amines) is 1. The molecule has 0 spiro atoms. The van der Waals surface area contributed by atoms with Crippen molar-refractivity contribution in [2.45, 2.75) is 38.3 Å². The van der Waals surface area contributed by atoms with E-state index in [-0.39, 0.29) is 18.6 Å². The number of carbonyl (C=O) groups excluding carboxylic acids is 1. The Morgan fingerprint density at radius 2 is 1.93 bits per heavy atom. The maximum absolute atomic E-state index is 12.4. The molecule has 1 saturated heterocycles. The first-order valence-electron chi connectivity index (χ1n) is 9.35. The molecule has 1 aliphatic heterocycles. The average Bonchev–Trinajstić information content (AvgIpc) is 2.67. The van der Waals surface area contributed by atoms with E-state index in [1.54, 1.807) is 0 Å². The van der Waals surface area contributed by atoms with Gasteiger partial charge in [0, 0.05) is 12.5 Å². The predicted molar refractivity (Wildman–Crippen MR) is 105 cm³/mol. The van der Waals surface area contributed by atoms with Crippen LogP contribution >= 0.6 is 0 Å². The van der Waals surface area contributed by atoms with Gasteiger partial charge in [0.25, 0.3) is 0 Å². The number of nitrogens with zero attached hydrogens (tertiary/aromatic N) is 2. The quantitative estimate of drug-likeness (QED) is 0.854. The monoisotopic (exact) mass is 363 g/mol. The SMILES string of the molecule is CCCNC(=O)N1[C@H](C#N)[C@H](c2ccccc2-c2ccc(C)cc2)[C@@H]1CO. The summed E-state index contributed by atoms with van der Waals surface area (Å²) in [5, 5.41) is 22.5. The largest absolute Gasteiger partial charge is 0.394 e. The number of hydrogen-bond donors (Lipinski definition) is 2. The number of nitrogens with one attached hydrogen (secondary N) is 1. The van der Waals surface area contributed by atoms with Crippen LogP contribution in [0, 0.1) is 18.3 Å². The zero-order valence-corrected chi connectivity index (χ0v) is 15.7. The number of carbonyl (C=O) groups is 1. The molecule has 140 valence electrons. The average molecular weight is 363 g/mol. The van der Waals surface area contributed by atoms with Crippen molar-refractivity contribution in [1.82, 2.24) is 10.2 Å². The van der Waals surface area contributed by atoms with Crippen molar-refractivity contribution in [3.8, 4) is 17.2 Å². The molecular formula is C22H25N3O2. The van der Waals surface area contributed by atoms with E-state index >= 15 is 0 Å². The molecule has 3 rings (SSSR count). The third-order valence-corrected chi connectivity index (χ3v) is 5.17. The van der Waals surface area contributed by atoms with Gasteiger partial charge in [-0.25, -0.2) is 4.79 Å². The molecular weight excluding hydrogens is 338 g/mol. The maximum Gasteiger partial charge on any atom is 0.318 e. The minimum atomic E-state index is -0.592. The van der Waals surface area contributed by atoms with Crippen molar-refractivity contribution in [2.75, 3.05) is 13.2 Å². The molecule has 0 aliphatic carbocycles. The van der Waals surface area contributed by atoms with Gasteiger partial charge in [-0.15, -0.1) is 0 Å². The minimum Gasteiger partial charge on any atom is -0.394 e. The van der Waals surface area contributed by atoms with Gasteiger partial charge in [0.1, 0.15) is 6.04 Å². The summed E-state index contributed by atoms with van der Waals surface area (Å²) in [6.07, 6.45) is 0.820. The number of aliphatic hydroxyl groups is 1. The van der Waals surface area contributed by atoms with Crippen molar-refractivity contribution >= 4 is 6.03 Å². The number of aliphatic hydroxyl groups excluding tert-OH is 1. The Hall–Kier alpha value is -2.84. The lowest BCUT2D eigenvalue weighted by atomic mass is 9.73. The van der Waals surface area contributed by atoms with Crippen LogP contribution in [0.5, 0.6) is 0 Å². The van der Waals surface area contributed by atoms with Crippen LogP contribution in [-0.4, -0.2) is 41.3 Å². The van der Waals surface area contributed by atoms with Gasteiger partial charge in [0.2, 0.25) is 0 Å². The van der Waals surface area contributed by atoms with E-state index in [2.05, 4.69) is 35.7 Å². The number of amides is 2. The van der Waals surface area contributed by atoms with Gasteiger partial charge in [0.15, 0.2) is 0 Å². The second-order valence-electron chi connectivity index (χ2n) is 6.94. The highest BCUT2D eigenvalue weighted by Crippen LogP contribution is 2.43. The van der Waals surface area contributed by atoms with E-state index in [0.29, 0.717) is 6.54 Å². The highest BCUT2D eigenvalue weighted by Gasteiger charge is 2.52. The Bertz CT molecular complexity index is 841. The Morgan fingerprint density at radius 1 is 1.22 bits per heavy atom. The lowest BCUT2D eigenvalue weighted by Crippen LogP contribution is -2.67. The van der Waals surface area contributed by atoms with Gasteiger partial charge in [-0.1, -0.05) is 61.0 Å². The van der Waals surface area contributed by atoms with E-state index in [1.807, 2.05) is 38.1 Å². The fourth-order valence-corrected chi connectivity index (χ4v) is 3.77. The Labute approximate surface area is 160 Å². The standard InChI is InChI=1S/C22H25N3O2/c1-3-12-24-22(27)25-19(13-23)21(20(25)14-26)18-7-5-4-6-17(18)16-10-8-15(2)9-11-16/h4-11,19-21,26H,3,12,14H2,1-2H3,(H,24,27)/t19-,20+,21+/m1/s1. The zero-order chi connectivity index (χ0) is 19.4. The van der Waals surface area contributed by atoms with Gasteiger partial charge < -0.3 is 15.3 Å². The van der Waals surface area contributed by atoms with Crippen LogP contribution in [0.4, 0.5) is 4.79 Å². The highest BCUT2D eigenvalue weighted by molar-refractivity contribution is 5.78. The number of rotatable bonds is 5. The maximum atomic E-state index is 12.4. The molecule has 1 fully saturated rings. The van der Waals surface area contributed by atoms with E-state index in [1.165, 1.54) is 10.5 Å². The van der Waals surface area contributed by atoms with Crippen molar-refractivity contribution in [3.05, 3.63) is 59.7 Å². The van der Waals surface area contributed by atoms with E-state index in [9.17, 15) is 15.2 Å². The van der Waals surface area contributed by atoms with E-state index in [0.717, 1.165) is 23.1 Å². The Morgan fingerprint density at radius 3 is 2.56 bits per heavy atom. The first-order valence-corrected chi connectivity index (χ1v) is 9.35. The van der Waals surface area contributed by atoms with Gasteiger partial charge in [-0.2, -0.15) is 5.26 Å². The first kappa shape index (κ1) is 18.9. The molecule has 0 bridgehead atoms. The molecule has 2 aromatic rings. The molecule has 0 unspecified atom stereocenters. The summed E-state index contributed by atoms with van der Waals surface area (Å²) in [6.45, 7) is 4.39. The van der Waals surface area contributed by atoms with Crippen LogP contribution in [0.1, 0.15) is 30.4 Å². The summed E-state index contributed by atoms with van der Waals surface area (Å²) in [6, 6.07) is 17.2. The van der Waals surface area contributed by atoms with Crippen LogP contribution in [-0.2, 0) is 0 Å². The molecule has 2 aromatic carbocycles. The van der Waals surface area contributed by atoms with Gasteiger partial charge >= 0.3 is 6.03 Å². The molecule has 1 aliphatic rings. The molecule has 3 atom stereocenters. The second kappa shape index (κ2) is 8.24. The normalized spacial score (nSPS) is 21.3. The summed E-state index contributed by atoms with van der Waals surface area (Å²) >= 11 is 0. The molecule has 27 heavy (non-hydrogen) atoms. The van der Waals surface area contributed by atoms with Crippen molar-refractivity contribution < 1.29 is 9.90 Å². The predicted octanol–water partition coefficient (Wildman–Crippen LogP) is 3.43. The lowest BCUT2D eigenvalue weighted by Gasteiger charge is -2.51. The molecule has 2 N–H and O–H groups in total. The Kier molecular flexibility index (Phi) is 5.78. The number of hydrogen-bond acceptors (Lipinski definition) is 3. The number of benzene rings is 2. The highest BCUT2D eigenvalue weighted by atomic mass is 16.3. The summed E-state index contributed by atoms with van der Waals surface area (Å²) in [5.74, 6) is -0.218. The Balaban J connectivity index is 1.95. The molecule has 0 aromatic heterocycles. The summed E-state index contributed by atoms with van der Waals surface area (Å²) in [7, 11) is 0. The summed E-state index contributed by atoms with van der Waals surface area (Å²) in [4.78, 5) is 13.9. The van der Waals surface area contributed by atoms with Crippen LogP contribution in [0.3, 0.4) is 0 Å². The third kappa shape index (κ3) is 3.54. The number of aryl methyl sites for hydroxylation is 1. The van der Waals surface area contributed by atoms with Crippen molar-refractivity contribution in [2.24, 2.45) is 0 Å². The van der Waals surface area contributed by atoms with Gasteiger partial charge in [-0.3, -0.25) is 0 Å². The van der Waals surface area contributed by atoms with Gasteiger partial charge in [0.05, 0.1) is 18.7 Å². The molecule has 2 amide bonds. The van der Waals surface area contributed by atoms with Crippen LogP contribution in [0.25, 0.3) is 11.1 Å². The van der Waals surface area contributed by atoms with Crippen LogP contribution < -0.4 is 5.32 Å². The minimum absolute atomic E-state index is 0.176. The fraction of sp³-hybridized carbons (Fsp3) is 0.364. The molecule has 1 heterocycles. The molecule has 5 nitrogen and oxygen atoms in total. The summed E-state index contributed by atoms with van der Waals surface area (Å²) < 4.78 is 0. The van der Waals surface area contributed by atoms with Crippen LogP contribution in [0.15, 0.2) is 48.5 Å². The smallest absolute Gasteiger partial charge is 0.318 e. The van der Waals surface area contributed by atoms with Gasteiger partial charge in [-0.05, 0) is 30.0 Å². The summed E-state index contributed by atoms with van der Waals surface area (Å²) in [5.41, 5.74) is 4.28. The third-order valence-electron chi connectivity index (χ3n) is 5.17. The lowest BCUT2D eigenvalue weighted by molar-refractivity contribution is 0.0171. The molecule has 0 saturated carbocycles. The molecule has 5 heteroatoms. The van der Waals surface area contributed by atoms with E-state index in [4.69, 9.17) is 0 Å². The zero-order valence-electron chi connectivity index (χ0n) is 15.7. The number of urea groups is 1. The first-order chi connectivity index (χ1) is 13.1. The fourth-order valence-electron chi connectivity index (χ4n) is 3.77.